The van der Waals surface area contributed by atoms with Gasteiger partial charge in [0.2, 0.25) is 0 Å². The topological polar surface area (TPSA) is 29.5 Å². The first-order chi connectivity index (χ1) is 9.13. The van der Waals surface area contributed by atoms with Gasteiger partial charge >= 0.3 is 0 Å². The molecule has 3 nitrogen and oxygen atoms in total. The van der Waals surface area contributed by atoms with Crippen LogP contribution in [0.3, 0.4) is 0 Å². The molecule has 1 heterocycles. The molecule has 0 aliphatic carbocycles. The lowest BCUT2D eigenvalue weighted by Crippen LogP contribution is -2.37. The summed E-state index contributed by atoms with van der Waals surface area (Å²) in [6.45, 7) is 5.44. The van der Waals surface area contributed by atoms with Crippen LogP contribution in [0.1, 0.15) is 35.7 Å². The Morgan fingerprint density at radius 1 is 1.53 bits per heavy atom. The number of hydrogen-bond donors (Lipinski definition) is 0. The fraction of sp³-hybridized carbons (Fsp3) is 0.533. The normalized spacial score (nSPS) is 18.6. The van der Waals surface area contributed by atoms with Crippen LogP contribution in [0.2, 0.25) is 0 Å². The minimum atomic E-state index is -0.418. The monoisotopic (exact) mass is 265 g/mol. The average Bonchev–Trinajstić information content (AvgIpc) is 2.91. The number of rotatable bonds is 4. The lowest BCUT2D eigenvalue weighted by atomic mass is 10.1. The molecule has 1 aromatic carbocycles. The summed E-state index contributed by atoms with van der Waals surface area (Å²) in [4.78, 5) is 14.0. The molecule has 1 aliphatic rings. The number of benzene rings is 1. The van der Waals surface area contributed by atoms with E-state index in [2.05, 4.69) is 0 Å². The Labute approximate surface area is 113 Å². The quantitative estimate of drug-likeness (QED) is 0.837. The van der Waals surface area contributed by atoms with Crippen LogP contribution in [0, 0.1) is 12.7 Å². The minimum absolute atomic E-state index is 0.0942. The van der Waals surface area contributed by atoms with Gasteiger partial charge in [-0.25, -0.2) is 4.39 Å². The molecular formula is C15H20FNO2. The number of ether oxygens (including phenoxy) is 1. The lowest BCUT2D eigenvalue weighted by Gasteiger charge is -2.24. The molecule has 19 heavy (non-hydrogen) atoms. The number of aryl methyl sites for hydroxylation is 1. The van der Waals surface area contributed by atoms with E-state index in [4.69, 9.17) is 4.74 Å². The molecule has 0 N–H and O–H groups in total. The van der Waals surface area contributed by atoms with Gasteiger partial charge in [-0.1, -0.05) is 12.1 Å². The highest BCUT2D eigenvalue weighted by molar-refractivity contribution is 5.94. The molecule has 1 atom stereocenters. The summed E-state index contributed by atoms with van der Waals surface area (Å²) >= 11 is 0. The first-order valence-corrected chi connectivity index (χ1v) is 6.79. The third-order valence-electron chi connectivity index (χ3n) is 3.54. The van der Waals surface area contributed by atoms with Crippen molar-refractivity contribution < 1.29 is 13.9 Å². The summed E-state index contributed by atoms with van der Waals surface area (Å²) < 4.78 is 19.5. The maximum absolute atomic E-state index is 14.0. The standard InChI is InChI=1S/C15H20FNO2/c1-3-17(10-12-7-5-9-19-12)15(18)13-8-4-6-11(2)14(13)16/h4,6,8,12H,3,5,7,9-10H2,1-2H3. The maximum atomic E-state index is 14.0. The predicted octanol–water partition coefficient (Wildman–Crippen LogP) is 2.78. The minimum Gasteiger partial charge on any atom is -0.376 e. The molecule has 0 aromatic heterocycles. The summed E-state index contributed by atoms with van der Waals surface area (Å²) in [7, 11) is 0. The summed E-state index contributed by atoms with van der Waals surface area (Å²) in [5.41, 5.74) is 0.652. The van der Waals surface area contributed by atoms with Crippen LogP contribution < -0.4 is 0 Å². The van der Waals surface area contributed by atoms with Crippen molar-refractivity contribution in [1.82, 2.24) is 4.90 Å². The summed E-state index contributed by atoms with van der Waals surface area (Å²) in [5, 5.41) is 0. The first kappa shape index (κ1) is 14.0. The Balaban J connectivity index is 2.13. The zero-order valence-electron chi connectivity index (χ0n) is 11.5. The molecule has 1 aromatic rings. The van der Waals surface area contributed by atoms with Crippen molar-refractivity contribution in [2.45, 2.75) is 32.8 Å². The second-order valence-electron chi connectivity index (χ2n) is 4.92. The van der Waals surface area contributed by atoms with Gasteiger partial charge < -0.3 is 9.64 Å². The number of carbonyl (C=O) groups excluding carboxylic acids is 1. The zero-order chi connectivity index (χ0) is 13.8. The molecule has 1 aliphatic heterocycles. The Morgan fingerprint density at radius 3 is 2.95 bits per heavy atom. The van der Waals surface area contributed by atoms with Crippen molar-refractivity contribution in [1.29, 1.82) is 0 Å². The van der Waals surface area contributed by atoms with Gasteiger partial charge in [0.15, 0.2) is 0 Å². The molecule has 2 rings (SSSR count). The molecule has 0 spiro atoms. The van der Waals surface area contributed by atoms with Gasteiger partial charge in [0.25, 0.3) is 5.91 Å². The molecule has 1 saturated heterocycles. The summed E-state index contributed by atoms with van der Waals surface area (Å²) in [5.74, 6) is -0.669. The summed E-state index contributed by atoms with van der Waals surface area (Å²) in [6, 6.07) is 4.93. The molecule has 0 bridgehead atoms. The fourth-order valence-electron chi connectivity index (χ4n) is 2.37. The fourth-order valence-corrected chi connectivity index (χ4v) is 2.37. The maximum Gasteiger partial charge on any atom is 0.256 e. The molecule has 0 saturated carbocycles. The smallest absolute Gasteiger partial charge is 0.256 e. The molecule has 104 valence electrons. The van der Waals surface area contributed by atoms with Crippen molar-refractivity contribution in [3.8, 4) is 0 Å². The molecular weight excluding hydrogens is 245 g/mol. The average molecular weight is 265 g/mol. The van der Waals surface area contributed by atoms with Gasteiger partial charge in [-0.2, -0.15) is 0 Å². The third-order valence-corrected chi connectivity index (χ3v) is 3.54. The van der Waals surface area contributed by atoms with Crippen LogP contribution in [0.15, 0.2) is 18.2 Å². The first-order valence-electron chi connectivity index (χ1n) is 6.79. The number of nitrogens with zero attached hydrogens (tertiary/aromatic N) is 1. The predicted molar refractivity (Wildman–Crippen MR) is 71.7 cm³/mol. The van der Waals surface area contributed by atoms with E-state index < -0.39 is 5.82 Å². The number of amides is 1. The lowest BCUT2D eigenvalue weighted by molar-refractivity contribution is 0.0535. The van der Waals surface area contributed by atoms with Gasteiger partial charge in [-0.15, -0.1) is 0 Å². The highest BCUT2D eigenvalue weighted by Crippen LogP contribution is 2.17. The van der Waals surface area contributed by atoms with E-state index >= 15 is 0 Å². The van der Waals surface area contributed by atoms with Gasteiger partial charge in [-0.05, 0) is 38.3 Å². The van der Waals surface area contributed by atoms with E-state index in [1.54, 1.807) is 30.0 Å². The Kier molecular flexibility index (Phi) is 4.53. The highest BCUT2D eigenvalue weighted by Gasteiger charge is 2.24. The molecule has 4 heteroatoms. The molecule has 1 unspecified atom stereocenters. The third kappa shape index (κ3) is 3.13. The SMILES string of the molecule is CCN(CC1CCCO1)C(=O)c1cccc(C)c1F. The van der Waals surface area contributed by atoms with Crippen LogP contribution in [0.25, 0.3) is 0 Å². The number of likely N-dealkylation sites (N-methyl/N-ethyl adjacent to an activating group) is 1. The Hall–Kier alpha value is -1.42. The van der Waals surface area contributed by atoms with Crippen molar-refractivity contribution in [3.05, 3.63) is 35.1 Å². The van der Waals surface area contributed by atoms with Crippen molar-refractivity contribution in [3.63, 3.8) is 0 Å². The molecule has 0 radical (unpaired) electrons. The van der Waals surface area contributed by atoms with E-state index in [1.807, 2.05) is 6.92 Å². The number of carbonyl (C=O) groups is 1. The van der Waals surface area contributed by atoms with E-state index in [9.17, 15) is 9.18 Å². The zero-order valence-corrected chi connectivity index (χ0v) is 11.5. The molecule has 1 fully saturated rings. The second-order valence-corrected chi connectivity index (χ2v) is 4.92. The van der Waals surface area contributed by atoms with Crippen molar-refractivity contribution in [2.24, 2.45) is 0 Å². The highest BCUT2D eigenvalue weighted by atomic mass is 19.1. The number of halogens is 1. The molecule has 1 amide bonds. The largest absolute Gasteiger partial charge is 0.376 e. The van der Waals surface area contributed by atoms with Crippen LogP contribution in [-0.2, 0) is 4.74 Å². The van der Waals surface area contributed by atoms with Gasteiger partial charge in [0.1, 0.15) is 5.82 Å². The van der Waals surface area contributed by atoms with Crippen LogP contribution in [0.5, 0.6) is 0 Å². The van der Waals surface area contributed by atoms with Crippen LogP contribution in [0.4, 0.5) is 4.39 Å². The van der Waals surface area contributed by atoms with E-state index in [0.29, 0.717) is 18.7 Å². The number of hydrogen-bond acceptors (Lipinski definition) is 2. The van der Waals surface area contributed by atoms with Crippen molar-refractivity contribution in [2.75, 3.05) is 19.7 Å². The van der Waals surface area contributed by atoms with E-state index in [1.165, 1.54) is 0 Å². The Morgan fingerprint density at radius 2 is 2.32 bits per heavy atom. The van der Waals surface area contributed by atoms with E-state index in [-0.39, 0.29) is 17.6 Å². The van der Waals surface area contributed by atoms with Crippen LogP contribution in [-0.4, -0.2) is 36.6 Å². The summed E-state index contributed by atoms with van der Waals surface area (Å²) in [6.07, 6.45) is 2.10. The van der Waals surface area contributed by atoms with Gasteiger partial charge in [0.05, 0.1) is 11.7 Å². The van der Waals surface area contributed by atoms with Crippen LogP contribution >= 0.6 is 0 Å². The van der Waals surface area contributed by atoms with E-state index in [0.717, 1.165) is 19.4 Å². The Bertz CT molecular complexity index is 455. The van der Waals surface area contributed by atoms with Gasteiger partial charge in [-0.3, -0.25) is 4.79 Å². The van der Waals surface area contributed by atoms with Crippen molar-refractivity contribution >= 4 is 5.91 Å². The van der Waals surface area contributed by atoms with Gasteiger partial charge in [0, 0.05) is 19.7 Å². The second kappa shape index (κ2) is 6.15.